The van der Waals surface area contributed by atoms with E-state index >= 15 is 0 Å². The summed E-state index contributed by atoms with van der Waals surface area (Å²) >= 11 is 0. The van der Waals surface area contributed by atoms with Gasteiger partial charge >= 0.3 is 0 Å². The van der Waals surface area contributed by atoms with E-state index in [1.54, 1.807) is 7.11 Å². The fourth-order valence-electron chi connectivity index (χ4n) is 2.72. The molecule has 0 saturated carbocycles. The molecule has 1 heterocycles. The first-order valence-corrected chi connectivity index (χ1v) is 6.63. The van der Waals surface area contributed by atoms with Gasteiger partial charge in [-0.25, -0.2) is 0 Å². The van der Waals surface area contributed by atoms with Crippen LogP contribution >= 0.6 is 0 Å². The van der Waals surface area contributed by atoms with Gasteiger partial charge in [0.15, 0.2) is 0 Å². The summed E-state index contributed by atoms with van der Waals surface area (Å²) in [6.07, 6.45) is 4.96. The number of hydrogen-bond acceptors (Lipinski definition) is 3. The standard InChI is InChI=1S/C13H28N2O/c1-11-6-7-12(2)15(9-11)13(10-16-3)5-4-8-14/h11-13H,4-10,14H2,1-3H3. The molecule has 1 saturated heterocycles. The monoisotopic (exact) mass is 228 g/mol. The molecule has 16 heavy (non-hydrogen) atoms. The molecule has 96 valence electrons. The second kappa shape index (κ2) is 7.25. The quantitative estimate of drug-likeness (QED) is 0.754. The van der Waals surface area contributed by atoms with Crippen LogP contribution in [0.5, 0.6) is 0 Å². The molecule has 0 spiro atoms. The Morgan fingerprint density at radius 3 is 2.75 bits per heavy atom. The molecule has 0 bridgehead atoms. The predicted molar refractivity (Wildman–Crippen MR) is 68.5 cm³/mol. The Kier molecular flexibility index (Phi) is 6.32. The summed E-state index contributed by atoms with van der Waals surface area (Å²) in [5.74, 6) is 0.827. The van der Waals surface area contributed by atoms with Crippen LogP contribution in [-0.2, 0) is 4.74 Å². The number of ether oxygens (including phenoxy) is 1. The summed E-state index contributed by atoms with van der Waals surface area (Å²) in [6, 6.07) is 1.26. The van der Waals surface area contributed by atoms with Gasteiger partial charge < -0.3 is 10.5 Å². The number of methoxy groups -OCH3 is 1. The number of nitrogens with zero attached hydrogens (tertiary/aromatic N) is 1. The Hall–Kier alpha value is -0.120. The fraction of sp³-hybridized carbons (Fsp3) is 1.00. The zero-order chi connectivity index (χ0) is 12.0. The van der Waals surface area contributed by atoms with Crippen molar-refractivity contribution in [3.8, 4) is 0 Å². The molecule has 0 aromatic carbocycles. The minimum atomic E-state index is 0.561. The van der Waals surface area contributed by atoms with Crippen LogP contribution in [0.25, 0.3) is 0 Å². The average molecular weight is 228 g/mol. The topological polar surface area (TPSA) is 38.5 Å². The van der Waals surface area contributed by atoms with E-state index in [2.05, 4.69) is 18.7 Å². The van der Waals surface area contributed by atoms with Gasteiger partial charge in [-0.05, 0) is 45.1 Å². The average Bonchev–Trinajstić information content (AvgIpc) is 2.28. The maximum atomic E-state index is 5.61. The Balaban J connectivity index is 2.52. The first-order valence-electron chi connectivity index (χ1n) is 6.63. The molecule has 3 unspecified atom stereocenters. The molecule has 0 radical (unpaired) electrons. The van der Waals surface area contributed by atoms with Crippen LogP contribution in [-0.4, -0.2) is 43.8 Å². The third-order valence-corrected chi connectivity index (χ3v) is 3.74. The van der Waals surface area contributed by atoms with Crippen LogP contribution < -0.4 is 5.73 Å². The third-order valence-electron chi connectivity index (χ3n) is 3.74. The molecule has 3 heteroatoms. The van der Waals surface area contributed by atoms with Crippen molar-refractivity contribution in [1.29, 1.82) is 0 Å². The predicted octanol–water partition coefficient (Wildman–Crippen LogP) is 1.86. The van der Waals surface area contributed by atoms with Crippen molar-refractivity contribution in [1.82, 2.24) is 4.90 Å². The zero-order valence-corrected chi connectivity index (χ0v) is 11.1. The van der Waals surface area contributed by atoms with Gasteiger partial charge in [0.25, 0.3) is 0 Å². The maximum absolute atomic E-state index is 5.61. The van der Waals surface area contributed by atoms with Crippen LogP contribution in [0.3, 0.4) is 0 Å². The SMILES string of the molecule is COCC(CCCN)N1CC(C)CCC1C. The first kappa shape index (κ1) is 13.9. The molecule has 0 aliphatic carbocycles. The van der Waals surface area contributed by atoms with E-state index in [1.807, 2.05) is 0 Å². The summed E-state index contributed by atoms with van der Waals surface area (Å²) in [5.41, 5.74) is 5.61. The van der Waals surface area contributed by atoms with Crippen molar-refractivity contribution in [2.45, 2.75) is 51.6 Å². The van der Waals surface area contributed by atoms with Gasteiger partial charge in [0.1, 0.15) is 0 Å². The number of nitrogens with two attached hydrogens (primary N) is 1. The number of likely N-dealkylation sites (tertiary alicyclic amines) is 1. The highest BCUT2D eigenvalue weighted by Gasteiger charge is 2.28. The van der Waals surface area contributed by atoms with E-state index in [4.69, 9.17) is 10.5 Å². The molecule has 0 amide bonds. The molecule has 0 aromatic heterocycles. The van der Waals surface area contributed by atoms with Gasteiger partial charge in [0.2, 0.25) is 0 Å². The van der Waals surface area contributed by atoms with Gasteiger partial charge in [-0.15, -0.1) is 0 Å². The molecule has 3 atom stereocenters. The van der Waals surface area contributed by atoms with Crippen LogP contribution in [0.1, 0.15) is 39.5 Å². The molecule has 1 rings (SSSR count). The molecular formula is C13H28N2O. The summed E-state index contributed by atoms with van der Waals surface area (Å²) in [4.78, 5) is 2.63. The number of piperidine rings is 1. The van der Waals surface area contributed by atoms with E-state index in [0.717, 1.165) is 25.5 Å². The summed E-state index contributed by atoms with van der Waals surface area (Å²) < 4.78 is 5.36. The lowest BCUT2D eigenvalue weighted by Gasteiger charge is -2.42. The van der Waals surface area contributed by atoms with Gasteiger partial charge in [-0.3, -0.25) is 4.90 Å². The van der Waals surface area contributed by atoms with Gasteiger partial charge in [-0.2, -0.15) is 0 Å². The lowest BCUT2D eigenvalue weighted by atomic mass is 9.92. The van der Waals surface area contributed by atoms with Gasteiger partial charge in [-0.1, -0.05) is 6.92 Å². The second-order valence-corrected chi connectivity index (χ2v) is 5.27. The number of rotatable bonds is 6. The van der Waals surface area contributed by atoms with Crippen molar-refractivity contribution >= 4 is 0 Å². The largest absolute Gasteiger partial charge is 0.383 e. The van der Waals surface area contributed by atoms with Crippen LogP contribution in [0.2, 0.25) is 0 Å². The van der Waals surface area contributed by atoms with E-state index in [0.29, 0.717) is 12.1 Å². The maximum Gasteiger partial charge on any atom is 0.0618 e. The van der Waals surface area contributed by atoms with Crippen molar-refractivity contribution in [2.75, 3.05) is 26.8 Å². The van der Waals surface area contributed by atoms with Crippen LogP contribution in [0.4, 0.5) is 0 Å². The molecule has 0 aromatic rings. The highest BCUT2D eigenvalue weighted by molar-refractivity contribution is 4.83. The normalized spacial score (nSPS) is 29.2. The van der Waals surface area contributed by atoms with Crippen LogP contribution in [0.15, 0.2) is 0 Å². The molecule has 3 nitrogen and oxygen atoms in total. The van der Waals surface area contributed by atoms with E-state index in [-0.39, 0.29) is 0 Å². The Labute approximate surface area is 100 Å². The van der Waals surface area contributed by atoms with E-state index in [9.17, 15) is 0 Å². The third kappa shape index (κ3) is 4.04. The van der Waals surface area contributed by atoms with Crippen molar-refractivity contribution in [3.63, 3.8) is 0 Å². The smallest absolute Gasteiger partial charge is 0.0618 e. The lowest BCUT2D eigenvalue weighted by molar-refractivity contribution is 0.0259. The Morgan fingerprint density at radius 1 is 1.38 bits per heavy atom. The number of hydrogen-bond donors (Lipinski definition) is 1. The van der Waals surface area contributed by atoms with Crippen molar-refractivity contribution < 1.29 is 4.74 Å². The van der Waals surface area contributed by atoms with Gasteiger partial charge in [0.05, 0.1) is 6.61 Å². The van der Waals surface area contributed by atoms with Crippen LogP contribution in [0, 0.1) is 5.92 Å². The summed E-state index contributed by atoms with van der Waals surface area (Å²) in [7, 11) is 1.80. The summed E-state index contributed by atoms with van der Waals surface area (Å²) in [6.45, 7) is 7.55. The minimum Gasteiger partial charge on any atom is -0.383 e. The van der Waals surface area contributed by atoms with E-state index in [1.165, 1.54) is 25.8 Å². The minimum absolute atomic E-state index is 0.561. The molecule has 1 aliphatic heterocycles. The molecule has 2 N–H and O–H groups in total. The summed E-state index contributed by atoms with van der Waals surface area (Å²) in [5, 5.41) is 0. The molecule has 1 fully saturated rings. The van der Waals surface area contributed by atoms with Crippen molar-refractivity contribution in [2.24, 2.45) is 11.7 Å². The Bertz CT molecular complexity index is 187. The molecule has 1 aliphatic rings. The highest BCUT2D eigenvalue weighted by atomic mass is 16.5. The van der Waals surface area contributed by atoms with Gasteiger partial charge in [0, 0.05) is 25.7 Å². The molecular weight excluding hydrogens is 200 g/mol. The first-order chi connectivity index (χ1) is 7.69. The zero-order valence-electron chi connectivity index (χ0n) is 11.1. The Morgan fingerprint density at radius 2 is 2.12 bits per heavy atom. The highest BCUT2D eigenvalue weighted by Crippen LogP contribution is 2.25. The second-order valence-electron chi connectivity index (χ2n) is 5.27. The van der Waals surface area contributed by atoms with E-state index < -0.39 is 0 Å². The fourth-order valence-corrected chi connectivity index (χ4v) is 2.72. The van der Waals surface area contributed by atoms with Crippen molar-refractivity contribution in [3.05, 3.63) is 0 Å². The lowest BCUT2D eigenvalue weighted by Crippen LogP contribution is -2.49.